The molecule has 0 saturated heterocycles. The molecule has 0 radical (unpaired) electrons. The number of fused-ring (bicyclic) bond motifs is 1. The normalized spacial score (nSPS) is 10.8. The molecule has 0 saturated carbocycles. The van der Waals surface area contributed by atoms with Gasteiger partial charge in [0.1, 0.15) is 0 Å². The molecule has 128 valence electrons. The van der Waals surface area contributed by atoms with Crippen molar-refractivity contribution in [3.8, 4) is 0 Å². The molecular formula is C18H17N3O2S2. The average Bonchev–Trinajstić information content (AvgIpc) is 3.04. The van der Waals surface area contributed by atoms with Crippen LogP contribution < -0.4 is 4.90 Å². The number of rotatable bonds is 5. The highest BCUT2D eigenvalue weighted by Gasteiger charge is 2.21. The molecule has 3 rings (SSSR count). The summed E-state index contributed by atoms with van der Waals surface area (Å²) in [5.41, 5.74) is 2.90. The third-order valence-corrected chi connectivity index (χ3v) is 5.45. The molecule has 0 unspecified atom stereocenters. The molecule has 0 fully saturated rings. The first-order chi connectivity index (χ1) is 12.0. The fraction of sp³-hybridized carbons (Fsp3) is 0.222. The molecule has 1 amide bonds. The summed E-state index contributed by atoms with van der Waals surface area (Å²) in [6, 6.07) is 9.75. The maximum atomic E-state index is 12.7. The zero-order chi connectivity index (χ0) is 17.8. The van der Waals surface area contributed by atoms with E-state index in [2.05, 4.69) is 9.97 Å². The van der Waals surface area contributed by atoms with E-state index in [4.69, 9.17) is 0 Å². The zero-order valence-corrected chi connectivity index (χ0v) is 15.6. The highest BCUT2D eigenvalue weighted by atomic mass is 32.2. The minimum absolute atomic E-state index is 0.0742. The first-order valence-electron chi connectivity index (χ1n) is 7.73. The molecule has 25 heavy (non-hydrogen) atoms. The van der Waals surface area contributed by atoms with E-state index in [9.17, 15) is 9.59 Å². The number of hydrogen-bond donors (Lipinski definition) is 0. The molecule has 3 aromatic rings. The van der Waals surface area contributed by atoms with Crippen LogP contribution in [0.3, 0.4) is 0 Å². The Morgan fingerprint density at radius 2 is 2.08 bits per heavy atom. The van der Waals surface area contributed by atoms with E-state index in [1.807, 2.05) is 37.3 Å². The number of benzene rings is 1. The molecule has 0 spiro atoms. The van der Waals surface area contributed by atoms with Crippen molar-refractivity contribution < 1.29 is 9.59 Å². The molecule has 2 heterocycles. The maximum Gasteiger partial charge on any atom is 0.239 e. The van der Waals surface area contributed by atoms with Gasteiger partial charge in [0.15, 0.2) is 10.2 Å². The minimum Gasteiger partial charge on any atom is -0.288 e. The summed E-state index contributed by atoms with van der Waals surface area (Å²) in [6.45, 7) is 3.85. The van der Waals surface area contributed by atoms with E-state index in [0.717, 1.165) is 33.1 Å². The molecule has 0 bridgehead atoms. The van der Waals surface area contributed by atoms with Crippen molar-refractivity contribution in [2.45, 2.75) is 20.4 Å². The Morgan fingerprint density at radius 1 is 1.24 bits per heavy atom. The number of carbonyl (C=O) groups is 2. The standard InChI is InChI=1S/C18H17N3O2S2/c1-12-5-3-7-15-17(12)20-18(25-15)21(16(23)11-24-13(2)22)10-14-6-4-8-19-9-14/h3-9H,10-11H2,1-2H3. The summed E-state index contributed by atoms with van der Waals surface area (Å²) in [6.07, 6.45) is 3.43. The molecule has 5 nitrogen and oxygen atoms in total. The summed E-state index contributed by atoms with van der Waals surface area (Å²) in [7, 11) is 0. The third-order valence-electron chi connectivity index (χ3n) is 3.60. The molecular weight excluding hydrogens is 354 g/mol. The van der Waals surface area contributed by atoms with Crippen molar-refractivity contribution in [2.24, 2.45) is 0 Å². The van der Waals surface area contributed by atoms with Gasteiger partial charge in [-0.2, -0.15) is 0 Å². The number of anilines is 1. The summed E-state index contributed by atoms with van der Waals surface area (Å²) in [5.74, 6) is -0.0365. The predicted octanol–water partition coefficient (Wildman–Crippen LogP) is 3.81. The lowest BCUT2D eigenvalue weighted by Gasteiger charge is -2.19. The van der Waals surface area contributed by atoms with Gasteiger partial charge in [0, 0.05) is 19.3 Å². The number of thiazole rings is 1. The van der Waals surface area contributed by atoms with Crippen molar-refractivity contribution in [2.75, 3.05) is 10.7 Å². The molecule has 7 heteroatoms. The Kier molecular flexibility index (Phi) is 5.45. The fourth-order valence-electron chi connectivity index (χ4n) is 2.37. The van der Waals surface area contributed by atoms with Crippen LogP contribution in [-0.4, -0.2) is 26.7 Å². The largest absolute Gasteiger partial charge is 0.288 e. The van der Waals surface area contributed by atoms with Crippen LogP contribution in [0, 0.1) is 6.92 Å². The molecule has 0 atom stereocenters. The molecule has 0 aliphatic carbocycles. The van der Waals surface area contributed by atoms with Gasteiger partial charge in [0.05, 0.1) is 22.5 Å². The second-order valence-corrected chi connectivity index (χ2v) is 7.70. The van der Waals surface area contributed by atoms with Crippen molar-refractivity contribution in [1.82, 2.24) is 9.97 Å². The number of thioether (sulfide) groups is 1. The SMILES string of the molecule is CC(=O)SCC(=O)N(Cc1cccnc1)c1nc2c(C)cccc2s1. The van der Waals surface area contributed by atoms with Gasteiger partial charge in [-0.3, -0.25) is 19.5 Å². The number of carbonyl (C=O) groups excluding carboxylic acids is 2. The van der Waals surface area contributed by atoms with E-state index in [-0.39, 0.29) is 16.8 Å². The Morgan fingerprint density at radius 3 is 2.76 bits per heavy atom. The smallest absolute Gasteiger partial charge is 0.239 e. The van der Waals surface area contributed by atoms with E-state index in [1.165, 1.54) is 18.3 Å². The number of aromatic nitrogens is 2. The fourth-order valence-corrected chi connectivity index (χ4v) is 3.91. The number of pyridine rings is 1. The molecule has 0 N–H and O–H groups in total. The highest BCUT2D eigenvalue weighted by molar-refractivity contribution is 8.14. The van der Waals surface area contributed by atoms with Crippen LogP contribution in [0.2, 0.25) is 0 Å². The number of amides is 1. The molecule has 0 aliphatic rings. The van der Waals surface area contributed by atoms with Crippen LogP contribution in [0.4, 0.5) is 5.13 Å². The molecule has 2 aromatic heterocycles. The van der Waals surface area contributed by atoms with Crippen LogP contribution >= 0.6 is 23.1 Å². The quantitative estimate of drug-likeness (QED) is 0.682. The van der Waals surface area contributed by atoms with Gasteiger partial charge < -0.3 is 0 Å². The average molecular weight is 371 g/mol. The summed E-state index contributed by atoms with van der Waals surface area (Å²) in [5, 5.41) is 0.567. The van der Waals surface area contributed by atoms with Crippen molar-refractivity contribution >= 4 is 49.5 Å². The summed E-state index contributed by atoms with van der Waals surface area (Å²) >= 11 is 2.49. The van der Waals surface area contributed by atoms with Gasteiger partial charge in [0.25, 0.3) is 0 Å². The first kappa shape index (κ1) is 17.6. The number of nitrogens with zero attached hydrogens (tertiary/aromatic N) is 3. The summed E-state index contributed by atoms with van der Waals surface area (Å²) < 4.78 is 1.04. The lowest BCUT2D eigenvalue weighted by Crippen LogP contribution is -2.32. The van der Waals surface area contributed by atoms with Crippen LogP contribution in [0.25, 0.3) is 10.2 Å². The second kappa shape index (κ2) is 7.76. The monoisotopic (exact) mass is 371 g/mol. The Labute approximate surface area is 154 Å². The van der Waals surface area contributed by atoms with E-state index < -0.39 is 0 Å². The van der Waals surface area contributed by atoms with Gasteiger partial charge in [-0.25, -0.2) is 4.98 Å². The first-order valence-corrected chi connectivity index (χ1v) is 9.53. The third kappa shape index (κ3) is 4.24. The van der Waals surface area contributed by atoms with Gasteiger partial charge in [-0.15, -0.1) is 0 Å². The minimum atomic E-state index is -0.138. The van der Waals surface area contributed by atoms with Gasteiger partial charge in [0.2, 0.25) is 5.91 Å². The number of para-hydroxylation sites is 1. The zero-order valence-electron chi connectivity index (χ0n) is 13.9. The van der Waals surface area contributed by atoms with Crippen LogP contribution in [-0.2, 0) is 16.1 Å². The van der Waals surface area contributed by atoms with E-state index >= 15 is 0 Å². The van der Waals surface area contributed by atoms with Gasteiger partial charge in [-0.1, -0.05) is 41.3 Å². The molecule has 0 aliphatic heterocycles. The molecule has 1 aromatic carbocycles. The Balaban J connectivity index is 1.95. The van der Waals surface area contributed by atoms with Crippen molar-refractivity contribution in [1.29, 1.82) is 0 Å². The lowest BCUT2D eigenvalue weighted by molar-refractivity contribution is -0.116. The van der Waals surface area contributed by atoms with Crippen LogP contribution in [0.1, 0.15) is 18.1 Å². The van der Waals surface area contributed by atoms with E-state index in [0.29, 0.717) is 11.7 Å². The van der Waals surface area contributed by atoms with Crippen molar-refractivity contribution in [3.63, 3.8) is 0 Å². The number of hydrogen-bond acceptors (Lipinski definition) is 6. The van der Waals surface area contributed by atoms with E-state index in [1.54, 1.807) is 17.3 Å². The highest BCUT2D eigenvalue weighted by Crippen LogP contribution is 2.31. The summed E-state index contributed by atoms with van der Waals surface area (Å²) in [4.78, 5) is 34.3. The predicted molar refractivity (Wildman–Crippen MR) is 103 cm³/mol. The Bertz CT molecular complexity index is 909. The van der Waals surface area contributed by atoms with Crippen LogP contribution in [0.15, 0.2) is 42.7 Å². The topological polar surface area (TPSA) is 63.2 Å². The van der Waals surface area contributed by atoms with Crippen LogP contribution in [0.5, 0.6) is 0 Å². The number of aryl methyl sites for hydroxylation is 1. The van der Waals surface area contributed by atoms with Crippen molar-refractivity contribution in [3.05, 3.63) is 53.9 Å². The van der Waals surface area contributed by atoms with Gasteiger partial charge >= 0.3 is 0 Å². The lowest BCUT2D eigenvalue weighted by atomic mass is 10.2. The Hall–Kier alpha value is -2.25. The second-order valence-electron chi connectivity index (χ2n) is 5.54. The maximum absolute atomic E-state index is 12.7. The van der Waals surface area contributed by atoms with Gasteiger partial charge in [-0.05, 0) is 30.2 Å².